The lowest BCUT2D eigenvalue weighted by Gasteiger charge is -2.13. The van der Waals surface area contributed by atoms with Crippen molar-refractivity contribution in [2.24, 2.45) is 9.98 Å². The topological polar surface area (TPSA) is 28.0 Å². The van der Waals surface area contributed by atoms with E-state index in [1.54, 1.807) is 23.9 Å². The fraction of sp³-hybridized carbons (Fsp3) is 0.333. The van der Waals surface area contributed by atoms with Crippen LogP contribution >= 0.6 is 11.8 Å². The molecule has 0 saturated carbocycles. The molecule has 2 aromatic carbocycles. The molecule has 0 fully saturated rings. The minimum absolute atomic E-state index is 0.213. The molecule has 0 aliphatic heterocycles. The molecule has 0 aliphatic rings. The van der Waals surface area contributed by atoms with E-state index >= 15 is 0 Å². The number of halogens is 1. The Hall–Kier alpha value is -2.14. The summed E-state index contributed by atoms with van der Waals surface area (Å²) in [7, 11) is 3.83. The molecule has 0 saturated heterocycles. The van der Waals surface area contributed by atoms with Crippen LogP contribution in [0.2, 0.25) is 0 Å². The first kappa shape index (κ1) is 20.2. The largest absolute Gasteiger partial charge is 0.366 e. The molecule has 138 valence electrons. The molecule has 0 bridgehead atoms. The average Bonchev–Trinajstić information content (AvgIpc) is 2.64. The third-order valence-electron chi connectivity index (χ3n) is 4.21. The van der Waals surface area contributed by atoms with Crippen LogP contribution in [-0.4, -0.2) is 43.3 Å². The van der Waals surface area contributed by atoms with Crippen molar-refractivity contribution in [1.29, 1.82) is 0 Å². The van der Waals surface area contributed by atoms with Crippen molar-refractivity contribution in [3.63, 3.8) is 0 Å². The summed E-state index contributed by atoms with van der Waals surface area (Å²) in [5.41, 5.74) is 5.43. The number of nitrogens with zero attached hydrogens (tertiary/aromatic N) is 3. The van der Waals surface area contributed by atoms with Gasteiger partial charge in [0.15, 0.2) is 0 Å². The monoisotopic (exact) mass is 371 g/mol. The molecule has 5 heteroatoms. The Morgan fingerprint density at radius 2 is 1.85 bits per heavy atom. The third kappa shape index (κ3) is 5.43. The Kier molecular flexibility index (Phi) is 7.39. The molecule has 0 atom stereocenters. The number of aryl methyl sites for hydroxylation is 2. The molecule has 0 spiro atoms. The quantitative estimate of drug-likeness (QED) is 0.377. The molecule has 2 rings (SSSR count). The number of rotatable bonds is 7. The Balaban J connectivity index is 2.18. The van der Waals surface area contributed by atoms with Gasteiger partial charge in [-0.3, -0.25) is 4.99 Å². The number of thioether (sulfide) groups is 1. The maximum absolute atomic E-state index is 13.0. The first-order valence-electron chi connectivity index (χ1n) is 8.64. The van der Waals surface area contributed by atoms with Crippen molar-refractivity contribution in [3.8, 4) is 0 Å². The molecule has 2 aromatic rings. The maximum atomic E-state index is 13.0. The van der Waals surface area contributed by atoms with E-state index < -0.39 is 0 Å². The van der Waals surface area contributed by atoms with Crippen LogP contribution < -0.4 is 0 Å². The minimum Gasteiger partial charge on any atom is -0.366 e. The fourth-order valence-corrected chi connectivity index (χ4v) is 3.36. The highest BCUT2D eigenvalue weighted by molar-refractivity contribution is 8.00. The standard InChI is InChI=1S/C21H26FN3S/c1-6-25(5)14-24-20-12-15(2)19(11-16(20)3)21(23-4)13-26-18-9-7-17(22)8-10-18/h7-12,14H,6,13H2,1-5H3. The fourth-order valence-electron chi connectivity index (χ4n) is 2.44. The van der Waals surface area contributed by atoms with Gasteiger partial charge in [-0.1, -0.05) is 0 Å². The molecule has 0 aromatic heterocycles. The van der Waals surface area contributed by atoms with Gasteiger partial charge in [0.1, 0.15) is 5.82 Å². The van der Waals surface area contributed by atoms with E-state index in [0.717, 1.165) is 45.3 Å². The summed E-state index contributed by atoms with van der Waals surface area (Å²) in [5.74, 6) is 0.527. The van der Waals surface area contributed by atoms with Gasteiger partial charge in [0.25, 0.3) is 0 Å². The van der Waals surface area contributed by atoms with Gasteiger partial charge < -0.3 is 4.90 Å². The summed E-state index contributed by atoms with van der Waals surface area (Å²) in [6, 6.07) is 10.8. The van der Waals surface area contributed by atoms with E-state index in [1.807, 2.05) is 25.3 Å². The van der Waals surface area contributed by atoms with Crippen molar-refractivity contribution in [2.45, 2.75) is 25.7 Å². The normalized spacial score (nSPS) is 12.0. The van der Waals surface area contributed by atoms with Crippen LogP contribution in [0.25, 0.3) is 0 Å². The van der Waals surface area contributed by atoms with E-state index in [1.165, 1.54) is 12.1 Å². The summed E-state index contributed by atoms with van der Waals surface area (Å²) in [6.45, 7) is 7.18. The minimum atomic E-state index is -0.213. The zero-order chi connectivity index (χ0) is 19.1. The second-order valence-electron chi connectivity index (χ2n) is 6.18. The Labute approximate surface area is 160 Å². The van der Waals surface area contributed by atoms with Gasteiger partial charge in [-0.25, -0.2) is 9.38 Å². The van der Waals surface area contributed by atoms with Crippen molar-refractivity contribution in [1.82, 2.24) is 4.90 Å². The molecule has 0 amide bonds. The summed E-state index contributed by atoms with van der Waals surface area (Å²) in [6.07, 6.45) is 1.86. The molecular formula is C21H26FN3S. The zero-order valence-electron chi connectivity index (χ0n) is 16.1. The lowest BCUT2D eigenvalue weighted by Crippen LogP contribution is -2.14. The Bertz CT molecular complexity index is 798. The van der Waals surface area contributed by atoms with Crippen LogP contribution in [-0.2, 0) is 0 Å². The molecule has 0 heterocycles. The predicted molar refractivity (Wildman–Crippen MR) is 112 cm³/mol. The lowest BCUT2D eigenvalue weighted by molar-refractivity contribution is 0.552. The van der Waals surface area contributed by atoms with Crippen molar-refractivity contribution < 1.29 is 4.39 Å². The SMILES string of the molecule is CCN(C)C=Nc1cc(C)c(C(CSc2ccc(F)cc2)=NC)cc1C. The smallest absolute Gasteiger partial charge is 0.123 e. The van der Waals surface area contributed by atoms with Crippen LogP contribution in [0.15, 0.2) is 51.3 Å². The maximum Gasteiger partial charge on any atom is 0.123 e. The molecule has 0 radical (unpaired) electrons. The van der Waals surface area contributed by atoms with Crippen LogP contribution in [0, 0.1) is 19.7 Å². The van der Waals surface area contributed by atoms with Gasteiger partial charge in [0.2, 0.25) is 0 Å². The summed E-state index contributed by atoms with van der Waals surface area (Å²) in [4.78, 5) is 12.1. The molecule has 3 nitrogen and oxygen atoms in total. The lowest BCUT2D eigenvalue weighted by atomic mass is 10.0. The van der Waals surface area contributed by atoms with E-state index in [4.69, 9.17) is 0 Å². The van der Waals surface area contributed by atoms with Gasteiger partial charge in [0.05, 0.1) is 17.7 Å². The number of hydrogen-bond donors (Lipinski definition) is 0. The summed E-state index contributed by atoms with van der Waals surface area (Å²) in [5, 5.41) is 0. The second kappa shape index (κ2) is 9.53. The highest BCUT2D eigenvalue weighted by atomic mass is 32.2. The van der Waals surface area contributed by atoms with Crippen LogP contribution in [0.1, 0.15) is 23.6 Å². The van der Waals surface area contributed by atoms with Crippen LogP contribution in [0.3, 0.4) is 0 Å². The molecular weight excluding hydrogens is 345 g/mol. The second-order valence-corrected chi connectivity index (χ2v) is 7.23. The summed E-state index contributed by atoms with van der Waals surface area (Å²) < 4.78 is 13.0. The molecule has 0 unspecified atom stereocenters. The van der Waals surface area contributed by atoms with Crippen molar-refractivity contribution >= 4 is 29.5 Å². The zero-order valence-corrected chi connectivity index (χ0v) is 16.9. The van der Waals surface area contributed by atoms with Crippen LogP contribution in [0.5, 0.6) is 0 Å². The first-order valence-corrected chi connectivity index (χ1v) is 9.63. The highest BCUT2D eigenvalue weighted by Gasteiger charge is 2.10. The van der Waals surface area contributed by atoms with Gasteiger partial charge in [-0.15, -0.1) is 11.8 Å². The Morgan fingerprint density at radius 3 is 2.46 bits per heavy atom. The number of aliphatic imine (C=N–C) groups is 2. The summed E-state index contributed by atoms with van der Waals surface area (Å²) >= 11 is 1.66. The highest BCUT2D eigenvalue weighted by Crippen LogP contribution is 2.26. The van der Waals surface area contributed by atoms with E-state index in [-0.39, 0.29) is 5.82 Å². The predicted octanol–water partition coefficient (Wildman–Crippen LogP) is 5.27. The molecule has 0 aliphatic carbocycles. The Morgan fingerprint density at radius 1 is 1.15 bits per heavy atom. The van der Waals surface area contributed by atoms with E-state index in [9.17, 15) is 4.39 Å². The van der Waals surface area contributed by atoms with Gasteiger partial charge in [-0.2, -0.15) is 0 Å². The van der Waals surface area contributed by atoms with Crippen molar-refractivity contribution in [2.75, 3.05) is 26.4 Å². The number of hydrogen-bond acceptors (Lipinski definition) is 3. The molecule has 26 heavy (non-hydrogen) atoms. The first-order chi connectivity index (χ1) is 12.4. The molecule has 0 N–H and O–H groups in total. The van der Waals surface area contributed by atoms with Gasteiger partial charge in [-0.05, 0) is 73.9 Å². The average molecular weight is 372 g/mol. The third-order valence-corrected chi connectivity index (χ3v) is 5.23. The van der Waals surface area contributed by atoms with Crippen molar-refractivity contribution in [3.05, 3.63) is 58.9 Å². The van der Waals surface area contributed by atoms with E-state index in [2.05, 4.69) is 42.9 Å². The van der Waals surface area contributed by atoms with Gasteiger partial charge in [0, 0.05) is 31.3 Å². The number of benzene rings is 2. The van der Waals surface area contributed by atoms with Crippen LogP contribution in [0.4, 0.5) is 10.1 Å². The van der Waals surface area contributed by atoms with E-state index in [0.29, 0.717) is 0 Å². The van der Waals surface area contributed by atoms with Gasteiger partial charge >= 0.3 is 0 Å².